The molecule has 0 bridgehead atoms. The van der Waals surface area contributed by atoms with Gasteiger partial charge in [-0.1, -0.05) is 6.07 Å². The topological polar surface area (TPSA) is 96.7 Å². The summed E-state index contributed by atoms with van der Waals surface area (Å²) in [4.78, 5) is 26.4. The molecular formula is C17H25ClN4O3. The number of nitrogens with two attached hydrogens (primary N) is 1. The second-order valence-corrected chi connectivity index (χ2v) is 6.30. The minimum Gasteiger partial charge on any atom is -0.381 e. The van der Waals surface area contributed by atoms with Crippen LogP contribution in [0.15, 0.2) is 18.2 Å². The minimum atomic E-state index is -0.892. The normalized spacial score (nSPS) is 18.1. The number of carbonyl (C=O) groups excluding carboxylic acids is 2. The molecule has 7 nitrogen and oxygen atoms in total. The predicted molar refractivity (Wildman–Crippen MR) is 99.4 cm³/mol. The number of amides is 3. The number of carbonyl (C=O) groups is 2. The molecule has 0 spiro atoms. The summed E-state index contributed by atoms with van der Waals surface area (Å²) in [5, 5.41) is 5.71. The Morgan fingerprint density at radius 2 is 2.04 bits per heavy atom. The molecule has 0 atom stereocenters. The van der Waals surface area contributed by atoms with Crippen LogP contribution >= 0.6 is 12.4 Å². The minimum absolute atomic E-state index is 0. The number of hydrogen-bond donors (Lipinski definition) is 3. The van der Waals surface area contributed by atoms with E-state index in [0.29, 0.717) is 44.8 Å². The molecule has 2 aliphatic heterocycles. The smallest absolute Gasteiger partial charge is 0.321 e. The van der Waals surface area contributed by atoms with Crippen LogP contribution in [0.4, 0.5) is 16.2 Å². The van der Waals surface area contributed by atoms with Gasteiger partial charge in [-0.15, -0.1) is 12.4 Å². The Morgan fingerprint density at radius 1 is 1.32 bits per heavy atom. The van der Waals surface area contributed by atoms with Gasteiger partial charge < -0.3 is 21.1 Å². The van der Waals surface area contributed by atoms with Crippen LogP contribution in [0.2, 0.25) is 0 Å². The van der Waals surface area contributed by atoms with Gasteiger partial charge in [0.15, 0.2) is 0 Å². The Balaban J connectivity index is 0.00000225. The van der Waals surface area contributed by atoms with Crippen LogP contribution in [0.25, 0.3) is 0 Å². The molecule has 2 heterocycles. The maximum Gasteiger partial charge on any atom is 0.321 e. The molecule has 0 aromatic heterocycles. The van der Waals surface area contributed by atoms with Crippen molar-refractivity contribution in [3.63, 3.8) is 0 Å². The van der Waals surface area contributed by atoms with E-state index < -0.39 is 5.54 Å². The highest BCUT2D eigenvalue weighted by atomic mass is 35.5. The number of rotatable bonds is 3. The number of anilines is 2. The highest BCUT2D eigenvalue weighted by Crippen LogP contribution is 2.31. The lowest BCUT2D eigenvalue weighted by Gasteiger charge is -2.31. The van der Waals surface area contributed by atoms with Gasteiger partial charge >= 0.3 is 6.03 Å². The highest BCUT2D eigenvalue weighted by molar-refractivity contribution is 6.00. The fourth-order valence-corrected chi connectivity index (χ4v) is 3.13. The summed E-state index contributed by atoms with van der Waals surface area (Å²) >= 11 is 0. The van der Waals surface area contributed by atoms with Gasteiger partial charge in [-0.25, -0.2) is 4.79 Å². The van der Waals surface area contributed by atoms with Crippen molar-refractivity contribution in [1.29, 1.82) is 0 Å². The van der Waals surface area contributed by atoms with Crippen molar-refractivity contribution in [2.75, 3.05) is 36.5 Å². The lowest BCUT2D eigenvalue weighted by atomic mass is 9.90. The first-order valence-electron chi connectivity index (χ1n) is 8.40. The number of benzene rings is 1. The molecular weight excluding hydrogens is 344 g/mol. The van der Waals surface area contributed by atoms with Gasteiger partial charge in [-0.2, -0.15) is 0 Å². The zero-order valence-electron chi connectivity index (χ0n) is 14.3. The number of ether oxygens (including phenoxy) is 1. The van der Waals surface area contributed by atoms with Crippen molar-refractivity contribution in [1.82, 2.24) is 5.32 Å². The number of urea groups is 1. The second-order valence-electron chi connectivity index (χ2n) is 6.30. The Labute approximate surface area is 153 Å². The number of halogens is 1. The van der Waals surface area contributed by atoms with Crippen molar-refractivity contribution >= 4 is 35.7 Å². The molecule has 3 rings (SSSR count). The first-order valence-corrected chi connectivity index (χ1v) is 8.40. The number of nitrogens with zero attached hydrogens (tertiary/aromatic N) is 1. The van der Waals surface area contributed by atoms with Gasteiger partial charge in [0.05, 0.1) is 5.69 Å². The SMILES string of the molecule is CCNC(=O)N1CCc2ccc(NC(=O)C3(N)CCOCC3)cc21.Cl. The quantitative estimate of drug-likeness (QED) is 0.755. The molecule has 0 saturated carbocycles. The molecule has 1 saturated heterocycles. The van der Waals surface area contributed by atoms with Gasteiger partial charge in [0.25, 0.3) is 0 Å². The van der Waals surface area contributed by atoms with E-state index in [9.17, 15) is 9.59 Å². The molecule has 138 valence electrons. The van der Waals surface area contributed by atoms with Crippen LogP contribution < -0.4 is 21.3 Å². The third-order valence-electron chi connectivity index (χ3n) is 4.65. The molecule has 1 aromatic rings. The van der Waals surface area contributed by atoms with E-state index in [4.69, 9.17) is 10.5 Å². The maximum absolute atomic E-state index is 12.5. The summed E-state index contributed by atoms with van der Waals surface area (Å²) < 4.78 is 5.28. The fourth-order valence-electron chi connectivity index (χ4n) is 3.13. The zero-order valence-corrected chi connectivity index (χ0v) is 15.2. The summed E-state index contributed by atoms with van der Waals surface area (Å²) in [6.07, 6.45) is 1.84. The number of fused-ring (bicyclic) bond motifs is 1. The van der Waals surface area contributed by atoms with Gasteiger partial charge in [-0.05, 0) is 43.9 Å². The van der Waals surface area contributed by atoms with Gasteiger partial charge in [-0.3, -0.25) is 9.69 Å². The van der Waals surface area contributed by atoms with Crippen LogP contribution in [0.3, 0.4) is 0 Å². The zero-order chi connectivity index (χ0) is 17.2. The largest absolute Gasteiger partial charge is 0.381 e. The van der Waals surface area contributed by atoms with Crippen LogP contribution in [0.5, 0.6) is 0 Å². The van der Waals surface area contributed by atoms with Crippen LogP contribution in [-0.2, 0) is 16.0 Å². The molecule has 4 N–H and O–H groups in total. The molecule has 3 amide bonds. The average molecular weight is 369 g/mol. The van der Waals surface area contributed by atoms with Crippen LogP contribution in [0, 0.1) is 0 Å². The van der Waals surface area contributed by atoms with E-state index in [1.807, 2.05) is 25.1 Å². The van der Waals surface area contributed by atoms with E-state index in [-0.39, 0.29) is 24.3 Å². The number of nitrogens with one attached hydrogen (secondary N) is 2. The van der Waals surface area contributed by atoms with Crippen LogP contribution in [-0.4, -0.2) is 43.8 Å². The predicted octanol–water partition coefficient (Wildman–Crippen LogP) is 1.65. The second kappa shape index (κ2) is 8.03. The van der Waals surface area contributed by atoms with E-state index in [1.54, 1.807) is 4.90 Å². The maximum atomic E-state index is 12.5. The molecule has 8 heteroatoms. The lowest BCUT2D eigenvalue weighted by Crippen LogP contribution is -2.54. The standard InChI is InChI=1S/C17H24N4O3.ClH/c1-2-19-16(23)21-8-5-12-3-4-13(11-14(12)21)20-15(22)17(18)6-9-24-10-7-17;/h3-4,11H,2,5-10,18H2,1H3,(H,19,23)(H,20,22);1H. The monoisotopic (exact) mass is 368 g/mol. The van der Waals surface area contributed by atoms with Crippen molar-refractivity contribution in [3.05, 3.63) is 23.8 Å². The molecule has 2 aliphatic rings. The molecule has 25 heavy (non-hydrogen) atoms. The Kier molecular flexibility index (Phi) is 6.26. The first kappa shape index (κ1) is 19.5. The third-order valence-corrected chi connectivity index (χ3v) is 4.65. The average Bonchev–Trinajstić information content (AvgIpc) is 2.99. The van der Waals surface area contributed by atoms with Crippen molar-refractivity contribution in [3.8, 4) is 0 Å². The van der Waals surface area contributed by atoms with E-state index >= 15 is 0 Å². The van der Waals surface area contributed by atoms with E-state index in [0.717, 1.165) is 17.7 Å². The molecule has 1 aromatic carbocycles. The Bertz CT molecular complexity index is 647. The van der Waals surface area contributed by atoms with Gasteiger partial charge in [0.1, 0.15) is 5.54 Å². The molecule has 0 unspecified atom stereocenters. The van der Waals surface area contributed by atoms with E-state index in [2.05, 4.69) is 10.6 Å². The molecule has 1 fully saturated rings. The van der Waals surface area contributed by atoms with Gasteiger partial charge in [0.2, 0.25) is 5.91 Å². The summed E-state index contributed by atoms with van der Waals surface area (Å²) in [6.45, 7) is 4.12. The van der Waals surface area contributed by atoms with Crippen molar-refractivity contribution in [2.24, 2.45) is 5.73 Å². The van der Waals surface area contributed by atoms with Crippen molar-refractivity contribution < 1.29 is 14.3 Å². The third kappa shape index (κ3) is 4.05. The fraction of sp³-hybridized carbons (Fsp3) is 0.529. The molecule has 0 aliphatic carbocycles. The highest BCUT2D eigenvalue weighted by Gasteiger charge is 2.36. The van der Waals surface area contributed by atoms with E-state index in [1.165, 1.54) is 0 Å². The number of hydrogen-bond acceptors (Lipinski definition) is 4. The Morgan fingerprint density at radius 3 is 2.72 bits per heavy atom. The van der Waals surface area contributed by atoms with Crippen LogP contribution in [0.1, 0.15) is 25.3 Å². The van der Waals surface area contributed by atoms with Gasteiger partial charge in [0, 0.05) is 32.0 Å². The lowest BCUT2D eigenvalue weighted by molar-refractivity contribution is -0.124. The molecule has 0 radical (unpaired) electrons. The Hall–Kier alpha value is -1.83. The summed E-state index contributed by atoms with van der Waals surface area (Å²) in [5.41, 5.74) is 7.93. The van der Waals surface area contributed by atoms with Crippen molar-refractivity contribution in [2.45, 2.75) is 31.7 Å². The summed E-state index contributed by atoms with van der Waals surface area (Å²) in [7, 11) is 0. The summed E-state index contributed by atoms with van der Waals surface area (Å²) in [5.74, 6) is -0.201. The first-order chi connectivity index (χ1) is 11.5. The summed E-state index contributed by atoms with van der Waals surface area (Å²) in [6, 6.07) is 5.55.